The van der Waals surface area contributed by atoms with Gasteiger partial charge in [-0.2, -0.15) is 13.2 Å². The second-order valence-electron chi connectivity index (χ2n) is 10.1. The second-order valence-corrected chi connectivity index (χ2v) is 10.5. The first kappa shape index (κ1) is 27.7. The van der Waals surface area contributed by atoms with Crippen molar-refractivity contribution in [2.75, 3.05) is 20.3 Å². The molecule has 2 heterocycles. The van der Waals surface area contributed by atoms with Crippen LogP contribution < -0.4 is 10.1 Å². The predicted octanol–water partition coefficient (Wildman–Crippen LogP) is 5.86. The van der Waals surface area contributed by atoms with E-state index < -0.39 is 11.7 Å². The number of ether oxygens (including phenoxy) is 2. The summed E-state index contributed by atoms with van der Waals surface area (Å²) >= 11 is 6.08. The third kappa shape index (κ3) is 6.59. The number of rotatable bonds is 9. The van der Waals surface area contributed by atoms with Crippen LogP contribution in [-0.2, 0) is 28.7 Å². The smallest absolute Gasteiger partial charge is 0.416 e. The number of hydrogen-bond acceptors (Lipinski definition) is 4. The van der Waals surface area contributed by atoms with Gasteiger partial charge in [-0.3, -0.25) is 9.69 Å². The van der Waals surface area contributed by atoms with Crippen molar-refractivity contribution < 1.29 is 27.4 Å². The van der Waals surface area contributed by atoms with Crippen LogP contribution in [0.25, 0.3) is 0 Å². The van der Waals surface area contributed by atoms with Gasteiger partial charge in [0.1, 0.15) is 12.4 Å². The lowest BCUT2D eigenvalue weighted by molar-refractivity contribution is -0.137. The number of nitrogens with zero attached hydrogens (tertiary/aromatic N) is 1. The number of nitrogens with one attached hydrogen (secondary N) is 1. The Kier molecular flexibility index (Phi) is 8.71. The fourth-order valence-electron chi connectivity index (χ4n) is 5.60. The Bertz CT molecular complexity index is 1110. The molecule has 2 aliphatic heterocycles. The lowest BCUT2D eigenvalue weighted by Crippen LogP contribution is -2.50. The van der Waals surface area contributed by atoms with Gasteiger partial charge in [0, 0.05) is 36.8 Å². The van der Waals surface area contributed by atoms with Gasteiger partial charge in [0.05, 0.1) is 18.6 Å². The van der Waals surface area contributed by atoms with Crippen LogP contribution in [0.5, 0.6) is 5.75 Å². The molecule has 2 bridgehead atoms. The van der Waals surface area contributed by atoms with E-state index in [1.165, 1.54) is 17.2 Å². The third-order valence-corrected chi connectivity index (χ3v) is 8.09. The Morgan fingerprint density at radius 2 is 1.76 bits per heavy atom. The van der Waals surface area contributed by atoms with E-state index >= 15 is 0 Å². The molecule has 0 radical (unpaired) electrons. The molecule has 2 atom stereocenters. The Labute approximate surface area is 221 Å². The average Bonchev–Trinajstić information content (AvgIpc) is 3.06. The number of carbonyl (C=O) groups excluding carboxylic acids is 1. The van der Waals surface area contributed by atoms with Crippen LogP contribution >= 0.6 is 11.6 Å². The standard InChI is InChI=1S/C28H34ClF3N2O3/c1-17-18(2)26(37-11-10-36-3)9-4-19(17)16-34-23-6-7-24(34)15-22(14-23)33-27(35)13-20-12-21(28(30,31)32)5-8-25(20)29/h4-5,8-9,12,22-24H,6-7,10-11,13-16H2,1-3H3,(H,33,35). The minimum absolute atomic E-state index is 0.00483. The normalized spacial score (nSPS) is 21.8. The van der Waals surface area contributed by atoms with Crippen LogP contribution in [0.1, 0.15) is 53.5 Å². The Morgan fingerprint density at radius 1 is 1.05 bits per heavy atom. The summed E-state index contributed by atoms with van der Waals surface area (Å²) in [4.78, 5) is 15.3. The summed E-state index contributed by atoms with van der Waals surface area (Å²) in [6.45, 7) is 6.11. The SMILES string of the molecule is COCCOc1ccc(CN2C3CCC2CC(NC(=O)Cc2cc(C(F)(F)F)ccc2Cl)C3)c(C)c1C. The summed E-state index contributed by atoms with van der Waals surface area (Å²) in [5.74, 6) is 0.582. The quantitative estimate of drug-likeness (QED) is 0.407. The number of piperidine rings is 1. The van der Waals surface area contributed by atoms with Crippen molar-refractivity contribution in [3.05, 3.63) is 63.2 Å². The summed E-state index contributed by atoms with van der Waals surface area (Å²) < 4.78 is 50.1. The highest BCUT2D eigenvalue weighted by molar-refractivity contribution is 6.31. The molecule has 1 amide bonds. The van der Waals surface area contributed by atoms with Crippen LogP contribution in [0.3, 0.4) is 0 Å². The Balaban J connectivity index is 1.35. The van der Waals surface area contributed by atoms with E-state index in [1.807, 2.05) is 6.07 Å². The molecule has 0 spiro atoms. The minimum Gasteiger partial charge on any atom is -0.491 e. The number of hydrogen-bond donors (Lipinski definition) is 1. The molecule has 0 aliphatic carbocycles. The second kappa shape index (κ2) is 11.6. The maximum atomic E-state index is 13.1. The zero-order valence-electron chi connectivity index (χ0n) is 21.5. The summed E-state index contributed by atoms with van der Waals surface area (Å²) in [7, 11) is 1.65. The molecule has 2 aromatic carbocycles. The molecule has 2 aliphatic rings. The van der Waals surface area contributed by atoms with Crippen LogP contribution in [0, 0.1) is 13.8 Å². The lowest BCUT2D eigenvalue weighted by Gasteiger charge is -2.39. The van der Waals surface area contributed by atoms with Gasteiger partial charge >= 0.3 is 6.18 Å². The molecule has 0 saturated carbocycles. The van der Waals surface area contributed by atoms with Crippen molar-refractivity contribution in [2.45, 2.75) is 76.8 Å². The fraction of sp³-hybridized carbons (Fsp3) is 0.536. The topological polar surface area (TPSA) is 50.8 Å². The molecule has 2 aromatic rings. The van der Waals surface area contributed by atoms with E-state index in [0.29, 0.717) is 25.3 Å². The molecule has 2 fully saturated rings. The van der Waals surface area contributed by atoms with Gasteiger partial charge in [-0.15, -0.1) is 0 Å². The van der Waals surface area contributed by atoms with E-state index in [1.54, 1.807) is 7.11 Å². The van der Waals surface area contributed by atoms with E-state index in [2.05, 4.69) is 30.1 Å². The summed E-state index contributed by atoms with van der Waals surface area (Å²) in [6, 6.07) is 7.99. The van der Waals surface area contributed by atoms with Crippen molar-refractivity contribution in [2.24, 2.45) is 0 Å². The van der Waals surface area contributed by atoms with Crippen molar-refractivity contribution in [3.63, 3.8) is 0 Å². The Morgan fingerprint density at radius 3 is 2.41 bits per heavy atom. The van der Waals surface area contributed by atoms with Crippen molar-refractivity contribution in [3.8, 4) is 5.75 Å². The van der Waals surface area contributed by atoms with E-state index in [0.717, 1.165) is 55.7 Å². The first-order chi connectivity index (χ1) is 17.6. The van der Waals surface area contributed by atoms with Crippen molar-refractivity contribution in [1.29, 1.82) is 0 Å². The molecule has 5 nitrogen and oxygen atoms in total. The number of benzene rings is 2. The molecule has 2 saturated heterocycles. The molecular weight excluding hydrogens is 505 g/mol. The minimum atomic E-state index is -4.48. The zero-order valence-corrected chi connectivity index (χ0v) is 22.2. The molecule has 202 valence electrons. The van der Waals surface area contributed by atoms with Crippen molar-refractivity contribution in [1.82, 2.24) is 10.2 Å². The van der Waals surface area contributed by atoms with Crippen LogP contribution in [0.2, 0.25) is 5.02 Å². The highest BCUT2D eigenvalue weighted by Crippen LogP contribution is 2.38. The molecule has 0 aromatic heterocycles. The molecule has 9 heteroatoms. The zero-order chi connectivity index (χ0) is 26.7. The first-order valence-corrected chi connectivity index (χ1v) is 13.1. The largest absolute Gasteiger partial charge is 0.491 e. The summed E-state index contributed by atoms with van der Waals surface area (Å²) in [5, 5.41) is 3.22. The van der Waals surface area contributed by atoms with E-state index in [9.17, 15) is 18.0 Å². The fourth-order valence-corrected chi connectivity index (χ4v) is 5.78. The molecule has 2 unspecified atom stereocenters. The number of alkyl halides is 3. The van der Waals surface area contributed by atoms with Gasteiger partial charge < -0.3 is 14.8 Å². The van der Waals surface area contributed by atoms with Gasteiger partial charge in [-0.1, -0.05) is 17.7 Å². The van der Waals surface area contributed by atoms with Gasteiger partial charge in [0.25, 0.3) is 0 Å². The van der Waals surface area contributed by atoms with E-state index in [-0.39, 0.29) is 29.0 Å². The molecular formula is C28H34ClF3N2O3. The highest BCUT2D eigenvalue weighted by Gasteiger charge is 2.41. The summed E-state index contributed by atoms with van der Waals surface area (Å²) in [6.07, 6.45) is -0.839. The first-order valence-electron chi connectivity index (χ1n) is 12.7. The highest BCUT2D eigenvalue weighted by atomic mass is 35.5. The lowest BCUT2D eigenvalue weighted by atomic mass is 9.94. The number of fused-ring (bicyclic) bond motifs is 2. The summed E-state index contributed by atoms with van der Waals surface area (Å²) in [5.41, 5.74) is 3.02. The Hall–Kier alpha value is -2.29. The molecule has 1 N–H and O–H groups in total. The number of carbonyl (C=O) groups is 1. The predicted molar refractivity (Wildman–Crippen MR) is 137 cm³/mol. The third-order valence-electron chi connectivity index (χ3n) is 7.72. The van der Waals surface area contributed by atoms with Crippen molar-refractivity contribution >= 4 is 17.5 Å². The number of methoxy groups -OCH3 is 1. The van der Waals surface area contributed by atoms with Crippen LogP contribution in [0.15, 0.2) is 30.3 Å². The average molecular weight is 539 g/mol. The number of amides is 1. The monoisotopic (exact) mass is 538 g/mol. The van der Waals surface area contributed by atoms with Crippen LogP contribution in [0.4, 0.5) is 13.2 Å². The van der Waals surface area contributed by atoms with Gasteiger partial charge in [-0.05, 0) is 86.1 Å². The maximum Gasteiger partial charge on any atom is 0.416 e. The van der Waals surface area contributed by atoms with Crippen LogP contribution in [-0.4, -0.2) is 49.3 Å². The van der Waals surface area contributed by atoms with Gasteiger partial charge in [0.2, 0.25) is 5.91 Å². The van der Waals surface area contributed by atoms with Gasteiger partial charge in [0.15, 0.2) is 0 Å². The molecule has 37 heavy (non-hydrogen) atoms. The van der Waals surface area contributed by atoms with Gasteiger partial charge in [-0.25, -0.2) is 0 Å². The maximum absolute atomic E-state index is 13.1. The molecule has 4 rings (SSSR count). The van der Waals surface area contributed by atoms with E-state index in [4.69, 9.17) is 21.1 Å². The number of halogens is 4.